The Kier molecular flexibility index (Phi) is 6.04. The number of rotatable bonds is 5. The molecule has 8 atom stereocenters. The van der Waals surface area contributed by atoms with Crippen LogP contribution in [0.25, 0.3) is 0 Å². The summed E-state index contributed by atoms with van der Waals surface area (Å²) in [5, 5.41) is 3.40. The van der Waals surface area contributed by atoms with Gasteiger partial charge in [0.1, 0.15) is 6.04 Å². The van der Waals surface area contributed by atoms with Gasteiger partial charge in [-0.15, -0.1) is 0 Å². The van der Waals surface area contributed by atoms with Gasteiger partial charge in [-0.2, -0.15) is 0 Å². The molecule has 2 heterocycles. The third-order valence-corrected chi connectivity index (χ3v) is 7.74. The molecule has 154 valence electrons. The number of hydrogen-bond donors (Lipinski definition) is 5. The molecule has 0 aromatic rings. The zero-order chi connectivity index (χ0) is 19.0. The molecule has 1 amide bonds. The Hall–Kier alpha value is -0.730. The van der Waals surface area contributed by atoms with Gasteiger partial charge in [0.15, 0.2) is 0 Å². The lowest BCUT2D eigenvalue weighted by Gasteiger charge is -2.35. The summed E-state index contributed by atoms with van der Waals surface area (Å²) in [5.74, 6) is 2.69. The molecule has 5 N–H and O–H groups in total. The fourth-order valence-electron chi connectivity index (χ4n) is 5.87. The van der Waals surface area contributed by atoms with Crippen molar-refractivity contribution in [3.05, 3.63) is 0 Å². The Balaban J connectivity index is 1.27. The van der Waals surface area contributed by atoms with Crippen molar-refractivity contribution in [2.45, 2.75) is 83.1 Å². The minimum Gasteiger partial charge on any atom is -0.352 e. The fraction of sp³-hybridized carbons (Fsp3) is 0.950. The van der Waals surface area contributed by atoms with Crippen molar-refractivity contribution in [3.63, 3.8) is 0 Å². The van der Waals surface area contributed by atoms with E-state index in [2.05, 4.69) is 52.8 Å². The maximum Gasteiger partial charge on any atom is 0.239 e. The molecule has 27 heavy (non-hydrogen) atoms. The summed E-state index contributed by atoms with van der Waals surface area (Å²) in [6, 6.07) is 0.746. The molecular weight excluding hydrogens is 340 g/mol. The predicted molar refractivity (Wildman–Crippen MR) is 106 cm³/mol. The highest BCUT2D eigenvalue weighted by atomic mass is 16.2. The largest absolute Gasteiger partial charge is 0.352 e. The van der Waals surface area contributed by atoms with E-state index in [1.807, 2.05) is 0 Å². The van der Waals surface area contributed by atoms with E-state index in [-0.39, 0.29) is 11.9 Å². The van der Waals surface area contributed by atoms with Crippen molar-refractivity contribution in [1.82, 2.24) is 31.9 Å². The van der Waals surface area contributed by atoms with E-state index in [0.29, 0.717) is 41.9 Å². The minimum atomic E-state index is -0.0554. The fourth-order valence-corrected chi connectivity index (χ4v) is 5.87. The van der Waals surface area contributed by atoms with Gasteiger partial charge in [0.25, 0.3) is 0 Å². The number of nitrogens with one attached hydrogen (secondary N) is 5. The van der Waals surface area contributed by atoms with Gasteiger partial charge in [-0.05, 0) is 56.9 Å². The number of carbonyl (C=O) groups excluding carboxylic acids is 1. The first-order chi connectivity index (χ1) is 13.0. The zero-order valence-corrected chi connectivity index (χ0v) is 17.1. The van der Waals surface area contributed by atoms with Crippen molar-refractivity contribution in [1.29, 1.82) is 0 Å². The van der Waals surface area contributed by atoms with Gasteiger partial charge in [0.2, 0.25) is 5.91 Å². The highest BCUT2D eigenvalue weighted by molar-refractivity contribution is 5.82. The normalized spacial score (nSPS) is 43.6. The molecule has 2 aliphatic heterocycles. The molecule has 0 aromatic heterocycles. The van der Waals surface area contributed by atoms with E-state index >= 15 is 0 Å². The second-order valence-corrected chi connectivity index (χ2v) is 9.61. The van der Waals surface area contributed by atoms with Crippen LogP contribution in [0.4, 0.5) is 0 Å². The van der Waals surface area contributed by atoms with Crippen LogP contribution in [0.5, 0.6) is 0 Å². The molecule has 7 nitrogen and oxygen atoms in total. The van der Waals surface area contributed by atoms with Crippen LogP contribution in [0.3, 0.4) is 0 Å². The first-order valence-electron chi connectivity index (χ1n) is 11.0. The molecule has 2 saturated carbocycles. The smallest absolute Gasteiger partial charge is 0.239 e. The van der Waals surface area contributed by atoms with Gasteiger partial charge in [-0.1, -0.05) is 26.7 Å². The van der Waals surface area contributed by atoms with Crippen LogP contribution in [0.1, 0.15) is 58.8 Å². The first kappa shape index (κ1) is 19.6. The molecule has 4 rings (SSSR count). The van der Waals surface area contributed by atoms with Crippen LogP contribution >= 0.6 is 0 Å². The number of hydrazine groups is 2. The molecule has 0 aromatic carbocycles. The summed E-state index contributed by atoms with van der Waals surface area (Å²) in [5.41, 5.74) is 13.3. The van der Waals surface area contributed by atoms with Crippen LogP contribution in [0.15, 0.2) is 0 Å². The average molecular weight is 379 g/mol. The molecule has 0 bridgehead atoms. The van der Waals surface area contributed by atoms with E-state index in [9.17, 15) is 4.79 Å². The monoisotopic (exact) mass is 378 g/mol. The molecule has 4 fully saturated rings. The summed E-state index contributed by atoms with van der Waals surface area (Å²) in [4.78, 5) is 15.3. The van der Waals surface area contributed by atoms with E-state index in [0.717, 1.165) is 32.4 Å². The summed E-state index contributed by atoms with van der Waals surface area (Å²) in [6.45, 7) is 5.58. The summed E-state index contributed by atoms with van der Waals surface area (Å²) < 4.78 is 0. The molecule has 2 aliphatic carbocycles. The number of nitrogens with zero attached hydrogens (tertiary/aromatic N) is 1. The van der Waals surface area contributed by atoms with E-state index in [1.54, 1.807) is 0 Å². The standard InChI is InChI=1S/C20H38N6O/c1-12-7-8-16-18(12)24-25-19(16)20(27)22-15-6-4-5-14(10-15)13(2)9-17-23-21-11-26(17)3/h12-19,21,23-25H,4-11H2,1-3H3,(H,22,27)/t12?,13-,14?,15?,16?,17?,18?,19?/m1/s1. The van der Waals surface area contributed by atoms with Crippen molar-refractivity contribution < 1.29 is 4.79 Å². The zero-order valence-electron chi connectivity index (χ0n) is 17.1. The average Bonchev–Trinajstić information content (AvgIpc) is 3.34. The summed E-state index contributed by atoms with van der Waals surface area (Å²) >= 11 is 0. The third-order valence-electron chi connectivity index (χ3n) is 7.74. The lowest BCUT2D eigenvalue weighted by molar-refractivity contribution is -0.124. The van der Waals surface area contributed by atoms with E-state index < -0.39 is 0 Å². The molecular formula is C20H38N6O. The Morgan fingerprint density at radius 2 is 2.04 bits per heavy atom. The molecule has 2 saturated heterocycles. The summed E-state index contributed by atoms with van der Waals surface area (Å²) in [6.07, 6.45) is 8.74. The Labute approximate surface area is 163 Å². The Morgan fingerprint density at radius 3 is 2.81 bits per heavy atom. The quantitative estimate of drug-likeness (QED) is 0.489. The van der Waals surface area contributed by atoms with Crippen molar-refractivity contribution in [2.75, 3.05) is 13.7 Å². The molecule has 7 unspecified atom stereocenters. The van der Waals surface area contributed by atoms with E-state index in [4.69, 9.17) is 0 Å². The maximum absolute atomic E-state index is 12.9. The van der Waals surface area contributed by atoms with Crippen LogP contribution in [0.2, 0.25) is 0 Å². The van der Waals surface area contributed by atoms with Crippen molar-refractivity contribution >= 4 is 5.91 Å². The molecule has 0 radical (unpaired) electrons. The van der Waals surface area contributed by atoms with Crippen molar-refractivity contribution in [2.24, 2.45) is 23.7 Å². The van der Waals surface area contributed by atoms with Gasteiger partial charge in [0, 0.05) is 18.0 Å². The topological polar surface area (TPSA) is 80.5 Å². The number of hydrogen-bond acceptors (Lipinski definition) is 6. The lowest BCUT2D eigenvalue weighted by Crippen LogP contribution is -2.50. The third kappa shape index (κ3) is 4.17. The SMILES string of the molecule is CC1CCC2C(C(=O)NC3CCCC([C@H](C)CC4NNCN4C)C3)NNC12. The molecule has 7 heteroatoms. The highest BCUT2D eigenvalue weighted by Crippen LogP contribution is 2.37. The first-order valence-corrected chi connectivity index (χ1v) is 11.0. The maximum atomic E-state index is 12.9. The van der Waals surface area contributed by atoms with Crippen molar-refractivity contribution in [3.8, 4) is 0 Å². The van der Waals surface area contributed by atoms with Gasteiger partial charge >= 0.3 is 0 Å². The predicted octanol–water partition coefficient (Wildman–Crippen LogP) is 0.902. The summed E-state index contributed by atoms with van der Waals surface area (Å²) in [7, 11) is 2.16. The number of fused-ring (bicyclic) bond motifs is 1. The Bertz CT molecular complexity index is 531. The van der Waals surface area contributed by atoms with Crippen LogP contribution < -0.4 is 27.0 Å². The van der Waals surface area contributed by atoms with Gasteiger partial charge in [0.05, 0.1) is 12.8 Å². The van der Waals surface area contributed by atoms with Gasteiger partial charge < -0.3 is 5.32 Å². The lowest BCUT2D eigenvalue weighted by atomic mass is 9.77. The number of amides is 1. The van der Waals surface area contributed by atoms with Crippen LogP contribution in [-0.2, 0) is 4.79 Å². The molecule has 4 aliphatic rings. The van der Waals surface area contributed by atoms with Crippen LogP contribution in [0, 0.1) is 23.7 Å². The van der Waals surface area contributed by atoms with Crippen LogP contribution in [-0.4, -0.2) is 48.8 Å². The molecule has 0 spiro atoms. The highest BCUT2D eigenvalue weighted by Gasteiger charge is 2.46. The Morgan fingerprint density at radius 1 is 1.19 bits per heavy atom. The number of carbonyl (C=O) groups is 1. The van der Waals surface area contributed by atoms with Gasteiger partial charge in [-0.25, -0.2) is 16.3 Å². The second kappa shape index (κ2) is 8.33. The van der Waals surface area contributed by atoms with E-state index in [1.165, 1.54) is 19.3 Å². The second-order valence-electron chi connectivity index (χ2n) is 9.61. The van der Waals surface area contributed by atoms with Gasteiger partial charge in [-0.3, -0.25) is 15.1 Å². The minimum absolute atomic E-state index is 0.0554.